The summed E-state index contributed by atoms with van der Waals surface area (Å²) in [6, 6.07) is 0. The van der Waals surface area contributed by atoms with Crippen molar-refractivity contribution in [3.05, 3.63) is 12.2 Å². The first-order chi connectivity index (χ1) is 16.7. The molecule has 0 radical (unpaired) electrons. The number of hydrogen-bond donors (Lipinski definition) is 3. The third-order valence-corrected chi connectivity index (χ3v) is 5.87. The summed E-state index contributed by atoms with van der Waals surface area (Å²) < 4.78 is 31.7. The number of aliphatic hydroxyl groups is 2. The van der Waals surface area contributed by atoms with Crippen LogP contribution in [0.3, 0.4) is 0 Å². The Hall–Kier alpha value is -1.29. The van der Waals surface area contributed by atoms with E-state index >= 15 is 0 Å². The van der Waals surface area contributed by atoms with Crippen LogP contribution in [0.25, 0.3) is 0 Å². The normalized spacial score (nSPS) is 15.0. The zero-order chi connectivity index (χ0) is 26.4. The summed E-state index contributed by atoms with van der Waals surface area (Å²) in [5.74, 6) is -1.000. The molecule has 0 fully saturated rings. The fourth-order valence-corrected chi connectivity index (χ4v) is 3.63. The van der Waals surface area contributed by atoms with Gasteiger partial charge in [0.15, 0.2) is 6.10 Å². The second-order valence-electron chi connectivity index (χ2n) is 8.36. The van der Waals surface area contributed by atoms with Crippen LogP contribution >= 0.6 is 7.82 Å². The standard InChI is InChI=1S/C24H45O10P/c1-3-5-7-8-9-10-11-12-13-14-16-24(28)34-22(19-31-23(27)15-6-4-2)20-33-35(29,30)32-18-21(26)17-25/h10-11,21-22,25-26H,3-9,12-20H2,1-2H3,(H,29,30)/b11-10+/t21-,22+/m1/s1. The Balaban J connectivity index is 4.48. The minimum absolute atomic E-state index is 0.153. The molecule has 0 aromatic heterocycles. The lowest BCUT2D eigenvalue weighted by atomic mass is 10.1. The summed E-state index contributed by atoms with van der Waals surface area (Å²) in [5.41, 5.74) is 0. The smallest absolute Gasteiger partial charge is 0.462 e. The van der Waals surface area contributed by atoms with Gasteiger partial charge >= 0.3 is 19.8 Å². The van der Waals surface area contributed by atoms with E-state index in [1.807, 2.05) is 6.92 Å². The van der Waals surface area contributed by atoms with Crippen molar-refractivity contribution in [2.24, 2.45) is 0 Å². The number of ether oxygens (including phenoxy) is 2. The summed E-state index contributed by atoms with van der Waals surface area (Å²) in [6.07, 6.45) is 12.0. The molecule has 10 nitrogen and oxygen atoms in total. The molecule has 0 aliphatic rings. The van der Waals surface area contributed by atoms with E-state index in [1.54, 1.807) is 0 Å². The van der Waals surface area contributed by atoms with E-state index in [4.69, 9.17) is 19.1 Å². The number of esters is 2. The van der Waals surface area contributed by atoms with Crippen LogP contribution in [0.1, 0.15) is 90.9 Å². The number of phosphoric acid groups is 1. The number of unbranched alkanes of at least 4 members (excludes halogenated alkanes) is 7. The number of allylic oxidation sites excluding steroid dienone is 2. The predicted molar refractivity (Wildman–Crippen MR) is 132 cm³/mol. The quantitative estimate of drug-likeness (QED) is 0.0768. The van der Waals surface area contributed by atoms with E-state index in [-0.39, 0.29) is 19.4 Å². The van der Waals surface area contributed by atoms with Gasteiger partial charge in [0.05, 0.1) is 19.8 Å². The minimum atomic E-state index is -4.58. The van der Waals surface area contributed by atoms with Gasteiger partial charge in [0.25, 0.3) is 0 Å². The molecule has 0 heterocycles. The Bertz CT molecular complexity index is 625. The lowest BCUT2D eigenvalue weighted by molar-refractivity contribution is -0.161. The lowest BCUT2D eigenvalue weighted by Crippen LogP contribution is -2.29. The Morgan fingerprint density at radius 3 is 2.06 bits per heavy atom. The highest BCUT2D eigenvalue weighted by Gasteiger charge is 2.27. The van der Waals surface area contributed by atoms with Crippen LogP contribution in [0.4, 0.5) is 0 Å². The molecule has 0 aliphatic heterocycles. The minimum Gasteiger partial charge on any atom is -0.462 e. The number of aliphatic hydroxyl groups excluding tert-OH is 2. The van der Waals surface area contributed by atoms with Crippen LogP contribution in [0, 0.1) is 0 Å². The highest BCUT2D eigenvalue weighted by Crippen LogP contribution is 2.43. The van der Waals surface area contributed by atoms with E-state index in [0.29, 0.717) is 12.8 Å². The Labute approximate surface area is 209 Å². The molecule has 0 saturated carbocycles. The van der Waals surface area contributed by atoms with Crippen molar-refractivity contribution in [2.75, 3.05) is 26.4 Å². The summed E-state index contributed by atoms with van der Waals surface area (Å²) in [6.45, 7) is 1.98. The average molecular weight is 525 g/mol. The van der Waals surface area contributed by atoms with Gasteiger partial charge in [0.1, 0.15) is 12.7 Å². The molecule has 0 rings (SSSR count). The van der Waals surface area contributed by atoms with Crippen LogP contribution in [-0.4, -0.2) is 65.7 Å². The molecule has 0 aromatic rings. The average Bonchev–Trinajstić information content (AvgIpc) is 2.84. The molecule has 0 spiro atoms. The number of carbonyl (C=O) groups excluding carboxylic acids is 2. The third-order valence-electron chi connectivity index (χ3n) is 4.92. The second kappa shape index (κ2) is 21.9. The zero-order valence-electron chi connectivity index (χ0n) is 21.3. The molecule has 3 N–H and O–H groups in total. The van der Waals surface area contributed by atoms with E-state index in [1.165, 1.54) is 25.7 Å². The molecule has 0 amide bonds. The van der Waals surface area contributed by atoms with Crippen molar-refractivity contribution < 1.29 is 47.8 Å². The van der Waals surface area contributed by atoms with Crippen molar-refractivity contribution in [3.63, 3.8) is 0 Å². The van der Waals surface area contributed by atoms with Crippen LogP contribution < -0.4 is 0 Å². The van der Waals surface area contributed by atoms with Crippen molar-refractivity contribution in [3.8, 4) is 0 Å². The van der Waals surface area contributed by atoms with Gasteiger partial charge in [-0.1, -0.05) is 51.7 Å². The van der Waals surface area contributed by atoms with Gasteiger partial charge in [-0.2, -0.15) is 0 Å². The molecule has 0 saturated heterocycles. The zero-order valence-corrected chi connectivity index (χ0v) is 22.2. The van der Waals surface area contributed by atoms with Crippen molar-refractivity contribution in [2.45, 2.75) is 103 Å². The molecule has 35 heavy (non-hydrogen) atoms. The monoisotopic (exact) mass is 524 g/mol. The fourth-order valence-electron chi connectivity index (χ4n) is 2.84. The Morgan fingerprint density at radius 1 is 0.829 bits per heavy atom. The van der Waals surface area contributed by atoms with Gasteiger partial charge in [0, 0.05) is 12.8 Å². The van der Waals surface area contributed by atoms with Crippen LogP contribution in [0.2, 0.25) is 0 Å². The number of hydrogen-bond acceptors (Lipinski definition) is 9. The maximum atomic E-state index is 12.2. The number of phosphoric ester groups is 1. The van der Waals surface area contributed by atoms with E-state index in [9.17, 15) is 24.2 Å². The second-order valence-corrected chi connectivity index (χ2v) is 9.81. The summed E-state index contributed by atoms with van der Waals surface area (Å²) in [5, 5.41) is 18.0. The largest absolute Gasteiger partial charge is 0.472 e. The lowest BCUT2D eigenvalue weighted by Gasteiger charge is -2.20. The first kappa shape index (κ1) is 33.7. The third kappa shape index (κ3) is 21.7. The van der Waals surface area contributed by atoms with Gasteiger partial charge in [-0.3, -0.25) is 18.6 Å². The maximum absolute atomic E-state index is 12.2. The first-order valence-corrected chi connectivity index (χ1v) is 14.1. The van der Waals surface area contributed by atoms with Crippen LogP contribution in [0.15, 0.2) is 12.2 Å². The molecule has 1 unspecified atom stereocenters. The Morgan fingerprint density at radius 2 is 1.43 bits per heavy atom. The van der Waals surface area contributed by atoms with Gasteiger partial charge in [-0.05, 0) is 38.5 Å². The van der Waals surface area contributed by atoms with Gasteiger partial charge in [-0.15, -0.1) is 0 Å². The topological polar surface area (TPSA) is 149 Å². The molecule has 0 aliphatic carbocycles. The van der Waals surface area contributed by atoms with Crippen molar-refractivity contribution >= 4 is 19.8 Å². The number of carbonyl (C=O) groups is 2. The highest BCUT2D eigenvalue weighted by molar-refractivity contribution is 7.47. The van der Waals surface area contributed by atoms with E-state index in [0.717, 1.165) is 25.7 Å². The SMILES string of the molecule is CCCCCC/C=C/CCCCC(=O)O[C@@H](COC(=O)CCCC)COP(=O)(O)OC[C@H](O)CO. The van der Waals surface area contributed by atoms with Gasteiger partial charge < -0.3 is 24.6 Å². The molecule has 0 bridgehead atoms. The van der Waals surface area contributed by atoms with E-state index < -0.39 is 51.8 Å². The molecule has 3 atom stereocenters. The molecule has 206 valence electrons. The Kier molecular flexibility index (Phi) is 21.1. The maximum Gasteiger partial charge on any atom is 0.472 e. The molecule has 11 heteroatoms. The molecule has 0 aromatic carbocycles. The summed E-state index contributed by atoms with van der Waals surface area (Å²) in [4.78, 5) is 33.7. The van der Waals surface area contributed by atoms with Crippen LogP contribution in [0.5, 0.6) is 0 Å². The van der Waals surface area contributed by atoms with E-state index in [2.05, 4.69) is 23.6 Å². The fraction of sp³-hybridized carbons (Fsp3) is 0.833. The van der Waals surface area contributed by atoms with Crippen LogP contribution in [-0.2, 0) is 32.7 Å². The summed E-state index contributed by atoms with van der Waals surface area (Å²) in [7, 11) is -4.58. The predicted octanol–water partition coefficient (Wildman–Crippen LogP) is 4.21. The van der Waals surface area contributed by atoms with Gasteiger partial charge in [-0.25, -0.2) is 4.57 Å². The number of rotatable bonds is 23. The van der Waals surface area contributed by atoms with Crippen molar-refractivity contribution in [1.82, 2.24) is 0 Å². The highest BCUT2D eigenvalue weighted by atomic mass is 31.2. The molecular formula is C24H45O10P. The van der Waals surface area contributed by atoms with Crippen molar-refractivity contribution in [1.29, 1.82) is 0 Å². The summed E-state index contributed by atoms with van der Waals surface area (Å²) >= 11 is 0. The first-order valence-electron chi connectivity index (χ1n) is 12.6. The van der Waals surface area contributed by atoms with Gasteiger partial charge in [0.2, 0.25) is 0 Å². The molecular weight excluding hydrogens is 479 g/mol.